The maximum absolute atomic E-state index is 14.8. The Morgan fingerprint density at radius 1 is 1.19 bits per heavy atom. The maximum Gasteiger partial charge on any atom is 0.338 e. The first kappa shape index (κ1) is 32.5. The molecule has 47 heavy (non-hydrogen) atoms. The number of nitrogens with zero attached hydrogens (tertiary/aromatic N) is 4. The number of carbonyl (C=O) groups is 3. The van der Waals surface area contributed by atoms with E-state index in [-0.39, 0.29) is 30.2 Å². The molecule has 3 aliphatic heterocycles. The van der Waals surface area contributed by atoms with Crippen molar-refractivity contribution >= 4 is 40.7 Å². The van der Waals surface area contributed by atoms with Crippen LogP contribution >= 0.6 is 11.3 Å². The number of fused-ring (bicyclic) bond motifs is 1. The summed E-state index contributed by atoms with van der Waals surface area (Å²) in [6, 6.07) is 11.6. The zero-order valence-electron chi connectivity index (χ0n) is 26.6. The fraction of sp³-hybridized carbons (Fsp3) is 0.400. The van der Waals surface area contributed by atoms with Gasteiger partial charge in [0.2, 0.25) is 5.91 Å². The number of benzene rings is 2. The maximum atomic E-state index is 14.8. The number of anilines is 1. The van der Waals surface area contributed by atoms with Crippen LogP contribution in [0.1, 0.15) is 48.0 Å². The molecule has 0 aliphatic carbocycles. The molecule has 3 aliphatic rings. The molecule has 4 atom stereocenters. The zero-order valence-corrected chi connectivity index (χ0v) is 27.4. The number of ether oxygens (including phenoxy) is 1. The third-order valence-corrected chi connectivity index (χ3v) is 10.1. The molecule has 12 heteroatoms. The van der Waals surface area contributed by atoms with Crippen molar-refractivity contribution in [3.63, 3.8) is 0 Å². The van der Waals surface area contributed by atoms with Crippen LogP contribution in [0.25, 0.3) is 0 Å². The number of nitrogens with one attached hydrogen (secondary N) is 1. The number of thiazole rings is 1. The van der Waals surface area contributed by atoms with Gasteiger partial charge in [-0.3, -0.25) is 19.5 Å². The highest BCUT2D eigenvalue weighted by Crippen LogP contribution is 2.38. The Hall–Kier alpha value is -4.42. The van der Waals surface area contributed by atoms with Crippen LogP contribution in [-0.2, 0) is 25.5 Å². The largest absolute Gasteiger partial charge is 0.481 e. The minimum atomic E-state index is -0.836. The molecule has 0 saturated carbocycles. The summed E-state index contributed by atoms with van der Waals surface area (Å²) in [6.45, 7) is 7.55. The number of amides is 1. The predicted octanol–water partition coefficient (Wildman–Crippen LogP) is 4.75. The predicted molar refractivity (Wildman–Crippen MR) is 177 cm³/mol. The molecule has 0 radical (unpaired) electrons. The number of likely N-dealkylation sites (tertiary alicyclic amines) is 1. The third-order valence-electron chi connectivity index (χ3n) is 9.27. The SMILES string of the molecule is CCOC(=O)C1=C(CN2CC[C@@H]3C(=O)N(c4ccc(CC(C)C(=O)O)cc4)C[C@@H]3C2)NC(c2nccs2)=NC1c1cccc(F)c1C. The van der Waals surface area contributed by atoms with Crippen molar-refractivity contribution in [3.05, 3.63) is 92.8 Å². The van der Waals surface area contributed by atoms with E-state index in [1.165, 1.54) is 17.4 Å². The molecule has 246 valence electrons. The lowest BCUT2D eigenvalue weighted by atomic mass is 9.87. The number of amidine groups is 1. The molecule has 1 amide bonds. The highest BCUT2D eigenvalue weighted by Gasteiger charge is 2.44. The Kier molecular flexibility index (Phi) is 9.51. The van der Waals surface area contributed by atoms with E-state index in [0.29, 0.717) is 72.3 Å². The summed E-state index contributed by atoms with van der Waals surface area (Å²) in [5, 5.41) is 15.1. The summed E-state index contributed by atoms with van der Waals surface area (Å²) in [6.07, 6.45) is 2.79. The fourth-order valence-electron chi connectivity index (χ4n) is 6.76. The molecule has 2 aromatic carbocycles. The van der Waals surface area contributed by atoms with Crippen molar-refractivity contribution in [1.82, 2.24) is 15.2 Å². The van der Waals surface area contributed by atoms with Gasteiger partial charge in [-0.1, -0.05) is 31.2 Å². The van der Waals surface area contributed by atoms with Crippen molar-refractivity contribution in [2.45, 2.75) is 39.7 Å². The minimum absolute atomic E-state index is 0.0894. The van der Waals surface area contributed by atoms with Gasteiger partial charge >= 0.3 is 11.9 Å². The van der Waals surface area contributed by atoms with Gasteiger partial charge in [0.1, 0.15) is 11.9 Å². The number of hydrogen-bond acceptors (Lipinski definition) is 9. The second-order valence-electron chi connectivity index (χ2n) is 12.4. The molecule has 2 saturated heterocycles. The van der Waals surface area contributed by atoms with E-state index in [9.17, 15) is 23.9 Å². The number of halogens is 1. The Labute approximate surface area is 277 Å². The number of aliphatic carboxylic acids is 1. The zero-order chi connectivity index (χ0) is 33.2. The molecule has 6 rings (SSSR count). The van der Waals surface area contributed by atoms with Gasteiger partial charge in [-0.25, -0.2) is 14.2 Å². The van der Waals surface area contributed by atoms with Gasteiger partial charge in [-0.05, 0) is 68.1 Å². The molecule has 2 fully saturated rings. The van der Waals surface area contributed by atoms with Gasteiger partial charge in [0.05, 0.1) is 18.1 Å². The molecule has 4 heterocycles. The van der Waals surface area contributed by atoms with Crippen molar-refractivity contribution in [3.8, 4) is 0 Å². The Morgan fingerprint density at radius 3 is 2.68 bits per heavy atom. The van der Waals surface area contributed by atoms with Crippen LogP contribution in [-0.4, -0.2) is 71.5 Å². The number of carbonyl (C=O) groups excluding carboxylic acids is 2. The summed E-state index contributed by atoms with van der Waals surface area (Å²) >= 11 is 1.42. The van der Waals surface area contributed by atoms with E-state index < -0.39 is 23.9 Å². The Bertz CT molecular complexity index is 1720. The fourth-order valence-corrected chi connectivity index (χ4v) is 7.35. The lowest BCUT2D eigenvalue weighted by Crippen LogP contribution is -2.45. The standard InChI is InChI=1S/C35H38FN5O5S/c1-4-46-35(45)29-28(38-31(32-37-13-15-47-32)39-30(29)25-6-5-7-27(36)21(25)3)19-40-14-12-26-23(17-40)18-41(33(26)42)24-10-8-22(9-11-24)16-20(2)34(43)44/h5-11,13,15,20,23,26,30H,4,12,14,16-19H2,1-3H3,(H,38,39)(H,43,44)/t20?,23-,26-,30?/m0/s1. The van der Waals surface area contributed by atoms with Crippen LogP contribution in [0.3, 0.4) is 0 Å². The summed E-state index contributed by atoms with van der Waals surface area (Å²) in [5.74, 6) is -1.62. The van der Waals surface area contributed by atoms with E-state index in [0.717, 1.165) is 11.3 Å². The van der Waals surface area contributed by atoms with Gasteiger partial charge in [0.25, 0.3) is 0 Å². The average molecular weight is 660 g/mol. The van der Waals surface area contributed by atoms with Gasteiger partial charge in [-0.15, -0.1) is 11.3 Å². The highest BCUT2D eigenvalue weighted by atomic mass is 32.1. The van der Waals surface area contributed by atoms with Crippen LogP contribution < -0.4 is 10.2 Å². The Morgan fingerprint density at radius 2 is 1.98 bits per heavy atom. The first-order valence-electron chi connectivity index (χ1n) is 15.9. The van der Waals surface area contributed by atoms with Crippen LogP contribution in [0, 0.1) is 30.5 Å². The molecule has 0 spiro atoms. The number of hydrogen-bond donors (Lipinski definition) is 2. The monoisotopic (exact) mass is 659 g/mol. The van der Waals surface area contributed by atoms with Crippen LogP contribution in [0.2, 0.25) is 0 Å². The lowest BCUT2D eigenvalue weighted by molar-refractivity contribution is -0.141. The number of aliphatic imine (C=N–C) groups is 1. The molecule has 0 bridgehead atoms. The Balaban J connectivity index is 1.25. The van der Waals surface area contributed by atoms with Crippen molar-refractivity contribution in [2.24, 2.45) is 22.7 Å². The number of carboxylic acids is 1. The quantitative estimate of drug-likeness (QED) is 0.299. The van der Waals surface area contributed by atoms with Gasteiger partial charge in [0, 0.05) is 54.4 Å². The number of carboxylic acid groups (broad SMARTS) is 1. The minimum Gasteiger partial charge on any atom is -0.481 e. The molecule has 1 aromatic heterocycles. The highest BCUT2D eigenvalue weighted by molar-refractivity contribution is 7.11. The van der Waals surface area contributed by atoms with Crippen molar-refractivity contribution < 1.29 is 28.6 Å². The van der Waals surface area contributed by atoms with E-state index in [1.807, 2.05) is 34.5 Å². The second-order valence-corrected chi connectivity index (χ2v) is 13.3. The second kappa shape index (κ2) is 13.7. The first-order valence-corrected chi connectivity index (χ1v) is 16.8. The van der Waals surface area contributed by atoms with E-state index in [1.54, 1.807) is 39.1 Å². The van der Waals surface area contributed by atoms with Gasteiger partial charge in [-0.2, -0.15) is 0 Å². The molecule has 10 nitrogen and oxygen atoms in total. The van der Waals surface area contributed by atoms with Crippen LogP contribution in [0.4, 0.5) is 10.1 Å². The van der Waals surface area contributed by atoms with E-state index in [2.05, 4.69) is 15.2 Å². The summed E-state index contributed by atoms with van der Waals surface area (Å²) in [5.41, 5.74) is 3.68. The molecular formula is C35H38FN5O5S. The number of rotatable bonds is 10. The average Bonchev–Trinajstić information content (AvgIpc) is 3.71. The lowest BCUT2D eigenvalue weighted by Gasteiger charge is -2.36. The number of aromatic nitrogens is 1. The van der Waals surface area contributed by atoms with Crippen LogP contribution in [0.15, 0.2) is 70.3 Å². The van der Waals surface area contributed by atoms with Crippen molar-refractivity contribution in [2.75, 3.05) is 37.7 Å². The number of esters is 1. The van der Waals surface area contributed by atoms with E-state index >= 15 is 0 Å². The first-order chi connectivity index (χ1) is 22.6. The molecule has 2 N–H and O–H groups in total. The van der Waals surface area contributed by atoms with Gasteiger partial charge in [0.15, 0.2) is 10.8 Å². The topological polar surface area (TPSA) is 124 Å². The van der Waals surface area contributed by atoms with Crippen LogP contribution in [0.5, 0.6) is 0 Å². The summed E-state index contributed by atoms with van der Waals surface area (Å²) in [7, 11) is 0. The summed E-state index contributed by atoms with van der Waals surface area (Å²) in [4.78, 5) is 51.8. The third kappa shape index (κ3) is 6.70. The summed E-state index contributed by atoms with van der Waals surface area (Å²) < 4.78 is 20.3. The molecular weight excluding hydrogens is 621 g/mol. The van der Waals surface area contributed by atoms with E-state index in [4.69, 9.17) is 9.73 Å². The van der Waals surface area contributed by atoms with Gasteiger partial charge < -0.3 is 20.1 Å². The normalized spacial score (nSPS) is 22.0. The smallest absolute Gasteiger partial charge is 0.338 e. The number of piperidine rings is 1. The molecule has 2 unspecified atom stereocenters. The molecule has 3 aromatic rings. The van der Waals surface area contributed by atoms with Crippen molar-refractivity contribution in [1.29, 1.82) is 0 Å².